The fraction of sp³-hybridized carbons (Fsp3) is 0.250. The number of nitrogens with zero attached hydrogens (tertiary/aromatic N) is 3. The van der Waals surface area contributed by atoms with Gasteiger partial charge in [0.15, 0.2) is 0 Å². The Morgan fingerprint density at radius 1 is 1.23 bits per heavy atom. The van der Waals surface area contributed by atoms with Crippen molar-refractivity contribution in [1.29, 1.82) is 0 Å². The van der Waals surface area contributed by atoms with Crippen LogP contribution in [-0.2, 0) is 9.84 Å². The van der Waals surface area contributed by atoms with Crippen molar-refractivity contribution < 1.29 is 4.52 Å². The number of pyridine rings is 2. The molecule has 4 aromatic heterocycles. The number of aromatic amines is 1. The van der Waals surface area contributed by atoms with Gasteiger partial charge in [0.25, 0.3) is 0 Å². The van der Waals surface area contributed by atoms with E-state index < -0.39 is 0 Å². The summed E-state index contributed by atoms with van der Waals surface area (Å²) in [4.78, 5) is 12.6. The number of fused-ring (bicyclic) bond motifs is 1. The van der Waals surface area contributed by atoms with Gasteiger partial charge in [-0.25, -0.2) is 0 Å². The summed E-state index contributed by atoms with van der Waals surface area (Å²) in [5, 5.41) is 4.04. The fourth-order valence-corrected chi connectivity index (χ4v) is 4.08. The second-order valence-corrected chi connectivity index (χ2v) is 9.10. The highest BCUT2D eigenvalue weighted by atomic mass is 127. The summed E-state index contributed by atoms with van der Waals surface area (Å²) in [5.74, 6) is 0.811. The molecule has 0 aliphatic carbocycles. The van der Waals surface area contributed by atoms with Crippen molar-refractivity contribution >= 4 is 33.6 Å². The molecule has 132 valence electrons. The summed E-state index contributed by atoms with van der Waals surface area (Å²) >= 11 is 2.47. The third-order valence-corrected chi connectivity index (χ3v) is 5.57. The van der Waals surface area contributed by atoms with Crippen LogP contribution >= 0.6 is 22.6 Å². The molecule has 0 bridgehead atoms. The minimum Gasteiger partial charge on any atom is -0.361 e. The van der Waals surface area contributed by atoms with Crippen LogP contribution < -0.4 is 0 Å². The van der Waals surface area contributed by atoms with Crippen LogP contribution in [0.1, 0.15) is 29.6 Å². The van der Waals surface area contributed by atoms with E-state index in [1.54, 1.807) is 0 Å². The van der Waals surface area contributed by atoms with E-state index in [0.717, 1.165) is 45.7 Å². The highest BCUT2D eigenvalue weighted by molar-refractivity contribution is 14.1. The summed E-state index contributed by atoms with van der Waals surface area (Å²) in [6, 6.07) is 8.16. The summed E-state index contributed by atoms with van der Waals surface area (Å²) in [6.07, 6.45) is 6.64. The molecule has 6 heteroatoms. The summed E-state index contributed by atoms with van der Waals surface area (Å²) in [5.41, 5.74) is 7.19. The molecule has 4 rings (SSSR count). The number of hydrogen-bond acceptors (Lipinski definition) is 4. The maximum absolute atomic E-state index is 5.29. The largest absolute Gasteiger partial charge is 0.361 e. The molecule has 0 aliphatic rings. The van der Waals surface area contributed by atoms with Gasteiger partial charge in [-0.15, -0.1) is 0 Å². The molecule has 0 amide bonds. The minimum absolute atomic E-state index is 0.101. The molecule has 26 heavy (non-hydrogen) atoms. The van der Waals surface area contributed by atoms with Crippen LogP contribution in [0.5, 0.6) is 0 Å². The van der Waals surface area contributed by atoms with E-state index in [9.17, 15) is 0 Å². The Bertz CT molecular complexity index is 1050. The fourth-order valence-electron chi connectivity index (χ4n) is 3.35. The van der Waals surface area contributed by atoms with Gasteiger partial charge in [-0.3, -0.25) is 9.97 Å². The molecular formula is C20H19IN4O. The molecular weight excluding hydrogens is 439 g/mol. The Balaban J connectivity index is 1.70. The number of hydrogen-bond donors (Lipinski definition) is 1. The zero-order valence-electron chi connectivity index (χ0n) is 14.9. The number of aryl methyl sites for hydroxylation is 2. The van der Waals surface area contributed by atoms with Crippen molar-refractivity contribution in [3.05, 3.63) is 65.6 Å². The highest BCUT2D eigenvalue weighted by Crippen LogP contribution is 2.36. The lowest BCUT2D eigenvalue weighted by Crippen LogP contribution is -2.17. The Labute approximate surface area is 165 Å². The Morgan fingerprint density at radius 3 is 2.77 bits per heavy atom. The summed E-state index contributed by atoms with van der Waals surface area (Å²) < 4.78 is 5.18. The van der Waals surface area contributed by atoms with Crippen molar-refractivity contribution in [2.24, 2.45) is 0 Å². The Hall–Kier alpha value is -2.22. The normalized spacial score (nSPS) is 13.8. The van der Waals surface area contributed by atoms with E-state index in [4.69, 9.17) is 9.51 Å². The maximum Gasteiger partial charge on any atom is 0.141 e. The topological polar surface area (TPSA) is 67.6 Å². The molecule has 0 aliphatic heterocycles. The second kappa shape index (κ2) is 6.50. The predicted octanol–water partition coefficient (Wildman–Crippen LogP) is 5.12. The lowest BCUT2D eigenvalue weighted by atomic mass is 9.98. The molecule has 1 unspecified atom stereocenters. The van der Waals surface area contributed by atoms with Crippen molar-refractivity contribution in [1.82, 2.24) is 20.1 Å². The molecule has 0 fully saturated rings. The van der Waals surface area contributed by atoms with E-state index in [1.807, 2.05) is 38.4 Å². The van der Waals surface area contributed by atoms with Gasteiger partial charge in [-0.05, 0) is 51.0 Å². The smallest absolute Gasteiger partial charge is 0.141 e. The van der Waals surface area contributed by atoms with Gasteiger partial charge < -0.3 is 9.51 Å². The second-order valence-electron chi connectivity index (χ2n) is 6.72. The number of alkyl halides is 1. The van der Waals surface area contributed by atoms with Crippen LogP contribution in [0.3, 0.4) is 0 Å². The molecule has 1 atom stereocenters. The van der Waals surface area contributed by atoms with Gasteiger partial charge in [0.1, 0.15) is 5.76 Å². The molecule has 0 saturated heterocycles. The molecule has 0 saturated carbocycles. The van der Waals surface area contributed by atoms with Gasteiger partial charge in [0.05, 0.1) is 25.8 Å². The van der Waals surface area contributed by atoms with Crippen LogP contribution in [0.4, 0.5) is 0 Å². The van der Waals surface area contributed by atoms with Crippen LogP contribution in [-0.4, -0.2) is 20.1 Å². The Kier molecular flexibility index (Phi) is 4.30. The SMILES string of the molecule is Cc1noc(C)c1-c1cnc2c(CC(C)(I)c3ccccn3)c[nH]c2c1. The first-order chi connectivity index (χ1) is 12.5. The molecule has 4 aromatic rings. The van der Waals surface area contributed by atoms with Crippen molar-refractivity contribution in [2.75, 3.05) is 0 Å². The molecule has 0 radical (unpaired) electrons. The van der Waals surface area contributed by atoms with E-state index >= 15 is 0 Å². The number of rotatable bonds is 4. The molecule has 4 heterocycles. The summed E-state index contributed by atoms with van der Waals surface area (Å²) in [6.45, 7) is 6.07. The van der Waals surface area contributed by atoms with Crippen LogP contribution in [0.2, 0.25) is 0 Å². The van der Waals surface area contributed by atoms with Crippen molar-refractivity contribution in [2.45, 2.75) is 30.6 Å². The lowest BCUT2D eigenvalue weighted by Gasteiger charge is -2.21. The van der Waals surface area contributed by atoms with Gasteiger partial charge in [0, 0.05) is 29.7 Å². The summed E-state index contributed by atoms with van der Waals surface area (Å²) in [7, 11) is 0. The van der Waals surface area contributed by atoms with Gasteiger partial charge in [-0.2, -0.15) is 0 Å². The predicted molar refractivity (Wildman–Crippen MR) is 110 cm³/mol. The number of nitrogens with one attached hydrogen (secondary N) is 1. The molecule has 1 N–H and O–H groups in total. The lowest BCUT2D eigenvalue weighted by molar-refractivity contribution is 0.393. The van der Waals surface area contributed by atoms with E-state index in [2.05, 4.69) is 63.0 Å². The van der Waals surface area contributed by atoms with Crippen molar-refractivity contribution in [3.63, 3.8) is 0 Å². The third-order valence-electron chi connectivity index (χ3n) is 4.64. The molecule has 5 nitrogen and oxygen atoms in total. The van der Waals surface area contributed by atoms with E-state index in [1.165, 1.54) is 5.56 Å². The number of halogens is 1. The first-order valence-electron chi connectivity index (χ1n) is 8.45. The quantitative estimate of drug-likeness (QED) is 0.341. The first kappa shape index (κ1) is 17.2. The van der Waals surface area contributed by atoms with Gasteiger partial charge in [-0.1, -0.05) is 33.8 Å². The minimum atomic E-state index is -0.101. The standard InChI is InChI=1S/C20H19IN4O/c1-12-18(13(2)26-25-12)14-8-16-19(24-10-14)15(11-23-16)9-20(3,21)17-6-4-5-7-22-17/h4-8,10-11,23H,9H2,1-3H3. The number of H-pyrrole nitrogens is 1. The average Bonchev–Trinajstić information content (AvgIpc) is 3.18. The van der Waals surface area contributed by atoms with Crippen LogP contribution in [0.25, 0.3) is 22.2 Å². The van der Waals surface area contributed by atoms with E-state index in [-0.39, 0.29) is 3.42 Å². The zero-order chi connectivity index (χ0) is 18.3. The van der Waals surface area contributed by atoms with Crippen molar-refractivity contribution in [3.8, 4) is 11.1 Å². The molecule has 0 spiro atoms. The zero-order valence-corrected chi connectivity index (χ0v) is 17.0. The maximum atomic E-state index is 5.29. The third kappa shape index (κ3) is 3.02. The van der Waals surface area contributed by atoms with Crippen LogP contribution in [0.15, 0.2) is 47.4 Å². The number of aromatic nitrogens is 4. The highest BCUT2D eigenvalue weighted by Gasteiger charge is 2.26. The average molecular weight is 458 g/mol. The molecule has 0 aromatic carbocycles. The first-order valence-corrected chi connectivity index (χ1v) is 9.53. The van der Waals surface area contributed by atoms with Gasteiger partial charge >= 0.3 is 0 Å². The Morgan fingerprint density at radius 2 is 2.08 bits per heavy atom. The van der Waals surface area contributed by atoms with E-state index in [0.29, 0.717) is 0 Å². The van der Waals surface area contributed by atoms with Crippen LogP contribution in [0, 0.1) is 13.8 Å². The van der Waals surface area contributed by atoms with Gasteiger partial charge in [0.2, 0.25) is 0 Å². The monoisotopic (exact) mass is 458 g/mol.